The summed E-state index contributed by atoms with van der Waals surface area (Å²) in [5.74, 6) is 0.269. The lowest BCUT2D eigenvalue weighted by molar-refractivity contribution is -0.119. The van der Waals surface area contributed by atoms with Crippen molar-refractivity contribution < 1.29 is 4.79 Å². The first-order valence-electron chi connectivity index (χ1n) is 6.88. The molecule has 2 heterocycles. The Hall–Kier alpha value is -0.910. The minimum absolute atomic E-state index is 0.113. The maximum absolute atomic E-state index is 11.0. The van der Waals surface area contributed by atoms with Crippen LogP contribution in [0.2, 0.25) is 0 Å². The summed E-state index contributed by atoms with van der Waals surface area (Å²) in [5.41, 5.74) is 12.7. The third-order valence-corrected chi connectivity index (χ3v) is 4.62. The van der Waals surface area contributed by atoms with Crippen LogP contribution in [0.5, 0.6) is 0 Å². The number of carbonyl (C=O) groups excluding carboxylic acids is 1. The molecule has 1 fully saturated rings. The molecule has 1 aliphatic heterocycles. The molecule has 1 aromatic heterocycles. The highest BCUT2D eigenvalue weighted by molar-refractivity contribution is 7.07. The minimum Gasteiger partial charge on any atom is -0.370 e. The van der Waals surface area contributed by atoms with Crippen LogP contribution in [-0.4, -0.2) is 29.9 Å². The summed E-state index contributed by atoms with van der Waals surface area (Å²) in [6.07, 6.45) is 2.60. The Balaban J connectivity index is 1.96. The summed E-state index contributed by atoms with van der Waals surface area (Å²) in [6, 6.07) is 2.57. The number of hydrogen-bond acceptors (Lipinski definition) is 4. The normalized spacial score (nSPS) is 21.2. The standard InChI is InChI=1S/C14H23N3OS/c1-10(15)14(12-4-7-19-9-12)17-5-2-11(3-6-17)8-13(16)18/h4,7,9-11,14H,2-3,5-6,8,15H2,1H3,(H2,16,18). The first-order valence-corrected chi connectivity index (χ1v) is 7.82. The second-order valence-corrected chi connectivity index (χ2v) is 6.29. The SMILES string of the molecule is CC(N)C(c1ccsc1)N1CCC(CC(N)=O)CC1. The van der Waals surface area contributed by atoms with Gasteiger partial charge in [-0.15, -0.1) is 0 Å². The Morgan fingerprint density at radius 3 is 2.68 bits per heavy atom. The quantitative estimate of drug-likeness (QED) is 0.863. The van der Waals surface area contributed by atoms with E-state index in [4.69, 9.17) is 11.5 Å². The van der Waals surface area contributed by atoms with E-state index in [1.165, 1.54) is 5.56 Å². The van der Waals surface area contributed by atoms with Gasteiger partial charge in [0.05, 0.1) is 6.04 Å². The Kier molecular flexibility index (Phi) is 4.96. The second kappa shape index (κ2) is 6.50. The van der Waals surface area contributed by atoms with Crippen LogP contribution < -0.4 is 11.5 Å². The van der Waals surface area contributed by atoms with Crippen molar-refractivity contribution in [2.45, 2.75) is 38.3 Å². The Morgan fingerprint density at radius 2 is 2.21 bits per heavy atom. The molecule has 4 nitrogen and oxygen atoms in total. The summed E-state index contributed by atoms with van der Waals surface area (Å²) >= 11 is 1.71. The third-order valence-electron chi connectivity index (χ3n) is 3.92. The first-order chi connectivity index (χ1) is 9.08. The molecule has 0 radical (unpaired) electrons. The maximum atomic E-state index is 11.0. The fourth-order valence-corrected chi connectivity index (χ4v) is 3.70. The molecule has 0 bridgehead atoms. The van der Waals surface area contributed by atoms with Crippen LogP contribution in [0.25, 0.3) is 0 Å². The Bertz CT molecular complexity index is 397. The number of primary amides is 1. The molecule has 19 heavy (non-hydrogen) atoms. The van der Waals surface area contributed by atoms with Gasteiger partial charge in [-0.25, -0.2) is 0 Å². The average molecular weight is 281 g/mol. The number of nitrogens with two attached hydrogens (primary N) is 2. The van der Waals surface area contributed by atoms with Gasteiger partial charge in [0.15, 0.2) is 0 Å². The number of piperidine rings is 1. The van der Waals surface area contributed by atoms with Gasteiger partial charge in [-0.3, -0.25) is 9.69 Å². The highest BCUT2D eigenvalue weighted by Gasteiger charge is 2.29. The number of amides is 1. The minimum atomic E-state index is -0.181. The molecule has 0 aliphatic carbocycles. The number of carbonyl (C=O) groups is 1. The smallest absolute Gasteiger partial charge is 0.217 e. The van der Waals surface area contributed by atoms with E-state index >= 15 is 0 Å². The van der Waals surface area contributed by atoms with Crippen LogP contribution in [-0.2, 0) is 4.79 Å². The number of nitrogens with zero attached hydrogens (tertiary/aromatic N) is 1. The molecule has 2 rings (SSSR count). The van der Waals surface area contributed by atoms with Crippen LogP contribution >= 0.6 is 11.3 Å². The molecule has 106 valence electrons. The average Bonchev–Trinajstić information content (AvgIpc) is 2.84. The van der Waals surface area contributed by atoms with Crippen molar-refractivity contribution in [3.63, 3.8) is 0 Å². The zero-order valence-corrected chi connectivity index (χ0v) is 12.2. The molecular formula is C14H23N3OS. The van der Waals surface area contributed by atoms with E-state index in [0.29, 0.717) is 18.4 Å². The highest BCUT2D eigenvalue weighted by Crippen LogP contribution is 2.30. The number of hydrogen-bond donors (Lipinski definition) is 2. The maximum Gasteiger partial charge on any atom is 0.217 e. The molecule has 4 N–H and O–H groups in total. The van der Waals surface area contributed by atoms with Crippen LogP contribution in [0.1, 0.15) is 37.8 Å². The van der Waals surface area contributed by atoms with E-state index in [1.807, 2.05) is 0 Å². The van der Waals surface area contributed by atoms with Crippen molar-refractivity contribution in [2.75, 3.05) is 13.1 Å². The van der Waals surface area contributed by atoms with Gasteiger partial charge < -0.3 is 11.5 Å². The fraction of sp³-hybridized carbons (Fsp3) is 0.643. The number of rotatable bonds is 5. The van der Waals surface area contributed by atoms with Crippen molar-refractivity contribution in [1.29, 1.82) is 0 Å². The van der Waals surface area contributed by atoms with Crippen LogP contribution in [0.15, 0.2) is 16.8 Å². The van der Waals surface area contributed by atoms with E-state index < -0.39 is 0 Å². The summed E-state index contributed by atoms with van der Waals surface area (Å²) < 4.78 is 0. The lowest BCUT2D eigenvalue weighted by Crippen LogP contribution is -2.44. The number of thiophene rings is 1. The molecule has 0 saturated carbocycles. The molecule has 0 spiro atoms. The molecule has 1 saturated heterocycles. The molecule has 2 atom stereocenters. The van der Waals surface area contributed by atoms with Crippen molar-refractivity contribution in [3.8, 4) is 0 Å². The zero-order valence-electron chi connectivity index (χ0n) is 11.4. The fourth-order valence-electron chi connectivity index (χ4n) is 3.01. The second-order valence-electron chi connectivity index (χ2n) is 5.51. The lowest BCUT2D eigenvalue weighted by atomic mass is 9.90. The van der Waals surface area contributed by atoms with Gasteiger partial charge in [0.25, 0.3) is 0 Å². The summed E-state index contributed by atoms with van der Waals surface area (Å²) in [5, 5.41) is 4.29. The van der Waals surface area contributed by atoms with Gasteiger partial charge in [-0.1, -0.05) is 0 Å². The van der Waals surface area contributed by atoms with Crippen LogP contribution in [0.3, 0.4) is 0 Å². The highest BCUT2D eigenvalue weighted by atomic mass is 32.1. The summed E-state index contributed by atoms with van der Waals surface area (Å²) in [4.78, 5) is 13.4. The van der Waals surface area contributed by atoms with E-state index in [9.17, 15) is 4.79 Å². The molecule has 0 aromatic carbocycles. The van der Waals surface area contributed by atoms with E-state index in [0.717, 1.165) is 25.9 Å². The summed E-state index contributed by atoms with van der Waals surface area (Å²) in [6.45, 7) is 4.07. The monoisotopic (exact) mass is 281 g/mol. The predicted molar refractivity (Wildman–Crippen MR) is 78.8 cm³/mol. The lowest BCUT2D eigenvalue weighted by Gasteiger charge is -2.39. The molecular weight excluding hydrogens is 258 g/mol. The van der Waals surface area contributed by atoms with Crippen molar-refractivity contribution in [3.05, 3.63) is 22.4 Å². The van der Waals surface area contributed by atoms with Crippen LogP contribution in [0, 0.1) is 5.92 Å². The molecule has 1 aromatic rings. The molecule has 1 aliphatic rings. The Labute approximate surface area is 118 Å². The van der Waals surface area contributed by atoms with E-state index in [-0.39, 0.29) is 11.9 Å². The third kappa shape index (κ3) is 3.78. The van der Waals surface area contributed by atoms with Gasteiger partial charge in [0.2, 0.25) is 5.91 Å². The predicted octanol–water partition coefficient (Wildman–Crippen LogP) is 1.72. The largest absolute Gasteiger partial charge is 0.370 e. The van der Waals surface area contributed by atoms with Gasteiger partial charge >= 0.3 is 0 Å². The van der Waals surface area contributed by atoms with Gasteiger partial charge in [0, 0.05) is 12.5 Å². The van der Waals surface area contributed by atoms with Crippen molar-refractivity contribution in [2.24, 2.45) is 17.4 Å². The van der Waals surface area contributed by atoms with Crippen LogP contribution in [0.4, 0.5) is 0 Å². The Morgan fingerprint density at radius 1 is 1.53 bits per heavy atom. The molecule has 1 amide bonds. The topological polar surface area (TPSA) is 72.3 Å². The number of likely N-dealkylation sites (tertiary alicyclic amines) is 1. The summed E-state index contributed by atoms with van der Waals surface area (Å²) in [7, 11) is 0. The van der Waals surface area contributed by atoms with Crippen molar-refractivity contribution >= 4 is 17.2 Å². The molecule has 5 heteroatoms. The van der Waals surface area contributed by atoms with E-state index in [2.05, 4.69) is 28.7 Å². The molecule has 2 unspecified atom stereocenters. The zero-order chi connectivity index (χ0) is 13.8. The van der Waals surface area contributed by atoms with Crippen molar-refractivity contribution in [1.82, 2.24) is 4.90 Å². The first kappa shape index (κ1) is 14.5. The van der Waals surface area contributed by atoms with Gasteiger partial charge in [-0.05, 0) is 61.2 Å². The van der Waals surface area contributed by atoms with Gasteiger partial charge in [-0.2, -0.15) is 11.3 Å². The van der Waals surface area contributed by atoms with E-state index in [1.54, 1.807) is 11.3 Å². The van der Waals surface area contributed by atoms with Gasteiger partial charge in [0.1, 0.15) is 0 Å².